The van der Waals surface area contributed by atoms with Crippen LogP contribution >= 0.6 is 0 Å². The molecule has 0 saturated carbocycles. The Bertz CT molecular complexity index is 519. The fourth-order valence-electron chi connectivity index (χ4n) is 1.73. The van der Waals surface area contributed by atoms with E-state index < -0.39 is 5.97 Å². The number of aliphatic carboxylic acids is 1. The second kappa shape index (κ2) is 4.30. The number of carboxylic acid groups (broad SMARTS) is 1. The lowest BCUT2D eigenvalue weighted by Gasteiger charge is -2.04. The summed E-state index contributed by atoms with van der Waals surface area (Å²) < 4.78 is 1.96. The van der Waals surface area contributed by atoms with E-state index in [0.29, 0.717) is 13.0 Å². The highest BCUT2D eigenvalue weighted by Gasteiger charge is 2.07. The van der Waals surface area contributed by atoms with Crippen molar-refractivity contribution in [1.82, 2.24) is 14.5 Å². The molecule has 0 spiro atoms. The number of carbonyl (C=O) groups is 1. The molecule has 0 atom stereocenters. The molecule has 0 saturated heterocycles. The first-order valence-corrected chi connectivity index (χ1v) is 5.18. The highest BCUT2D eigenvalue weighted by atomic mass is 16.4. The summed E-state index contributed by atoms with van der Waals surface area (Å²) >= 11 is 0. The molecule has 0 radical (unpaired) electrons. The lowest BCUT2D eigenvalue weighted by molar-refractivity contribution is -0.137. The van der Waals surface area contributed by atoms with E-state index in [1.807, 2.05) is 23.6 Å². The lowest BCUT2D eigenvalue weighted by Crippen LogP contribution is -2.04. The summed E-state index contributed by atoms with van der Waals surface area (Å²) in [5.74, 6) is 0.106. The van der Waals surface area contributed by atoms with Crippen molar-refractivity contribution in [2.45, 2.75) is 26.3 Å². The Kier molecular flexibility index (Phi) is 2.85. The van der Waals surface area contributed by atoms with Crippen molar-refractivity contribution in [2.24, 2.45) is 0 Å². The third-order valence-electron chi connectivity index (χ3n) is 2.47. The number of aromatic nitrogens is 3. The van der Waals surface area contributed by atoms with Gasteiger partial charge >= 0.3 is 5.97 Å². The van der Waals surface area contributed by atoms with E-state index in [1.54, 1.807) is 6.20 Å². The van der Waals surface area contributed by atoms with E-state index in [1.165, 1.54) is 0 Å². The molecular formula is C11H13N3O2. The van der Waals surface area contributed by atoms with E-state index in [-0.39, 0.29) is 6.42 Å². The summed E-state index contributed by atoms with van der Waals surface area (Å²) in [4.78, 5) is 19.1. The van der Waals surface area contributed by atoms with Gasteiger partial charge in [-0.1, -0.05) is 0 Å². The fourth-order valence-corrected chi connectivity index (χ4v) is 1.73. The Hall–Kier alpha value is -1.91. The van der Waals surface area contributed by atoms with Crippen molar-refractivity contribution >= 4 is 17.1 Å². The number of hydrogen-bond acceptors (Lipinski definition) is 3. The quantitative estimate of drug-likeness (QED) is 0.848. The summed E-state index contributed by atoms with van der Waals surface area (Å²) in [6, 6.07) is 3.75. The Morgan fingerprint density at radius 1 is 1.56 bits per heavy atom. The van der Waals surface area contributed by atoms with Crippen LogP contribution in [0.25, 0.3) is 11.2 Å². The van der Waals surface area contributed by atoms with Crippen molar-refractivity contribution in [3.63, 3.8) is 0 Å². The minimum atomic E-state index is -0.768. The first-order chi connectivity index (χ1) is 7.68. The van der Waals surface area contributed by atoms with Gasteiger partial charge in [0.15, 0.2) is 5.65 Å². The number of aryl methyl sites for hydroxylation is 2. The molecule has 0 aliphatic heterocycles. The van der Waals surface area contributed by atoms with Crippen molar-refractivity contribution in [2.75, 3.05) is 0 Å². The standard InChI is InChI=1S/C11H13N3O2/c1-8-13-9-4-2-6-12-11(9)14(8)7-3-5-10(15)16/h2,4,6H,3,5,7H2,1H3,(H,15,16). The Balaban J connectivity index is 2.22. The zero-order valence-corrected chi connectivity index (χ0v) is 9.05. The number of imidazole rings is 1. The van der Waals surface area contributed by atoms with Crippen LogP contribution in [0.2, 0.25) is 0 Å². The summed E-state index contributed by atoms with van der Waals surface area (Å²) in [7, 11) is 0. The summed E-state index contributed by atoms with van der Waals surface area (Å²) in [5.41, 5.74) is 1.68. The zero-order chi connectivity index (χ0) is 11.5. The molecule has 2 aromatic rings. The molecule has 0 aliphatic rings. The Labute approximate surface area is 92.8 Å². The highest BCUT2D eigenvalue weighted by molar-refractivity contribution is 5.71. The van der Waals surface area contributed by atoms with Gasteiger partial charge in [-0.2, -0.15) is 0 Å². The van der Waals surface area contributed by atoms with Crippen LogP contribution in [0, 0.1) is 6.92 Å². The van der Waals surface area contributed by atoms with Crippen molar-refractivity contribution < 1.29 is 9.90 Å². The van der Waals surface area contributed by atoms with Gasteiger partial charge in [-0.15, -0.1) is 0 Å². The lowest BCUT2D eigenvalue weighted by atomic mass is 10.3. The minimum Gasteiger partial charge on any atom is -0.481 e. The van der Waals surface area contributed by atoms with Gasteiger partial charge in [0, 0.05) is 19.2 Å². The maximum Gasteiger partial charge on any atom is 0.303 e. The normalized spacial score (nSPS) is 10.8. The molecule has 16 heavy (non-hydrogen) atoms. The number of fused-ring (bicyclic) bond motifs is 1. The van der Waals surface area contributed by atoms with Crippen LogP contribution in [0.4, 0.5) is 0 Å². The summed E-state index contributed by atoms with van der Waals surface area (Å²) in [5, 5.41) is 8.58. The maximum absolute atomic E-state index is 10.4. The SMILES string of the molecule is Cc1nc2cccnc2n1CCCC(=O)O. The van der Waals surface area contributed by atoms with Gasteiger partial charge in [0.25, 0.3) is 0 Å². The fraction of sp³-hybridized carbons (Fsp3) is 0.364. The predicted molar refractivity (Wildman–Crippen MR) is 59.1 cm³/mol. The van der Waals surface area contributed by atoms with Crippen LogP contribution < -0.4 is 0 Å². The molecule has 2 aromatic heterocycles. The molecule has 1 N–H and O–H groups in total. The number of pyridine rings is 1. The molecule has 0 unspecified atom stereocenters. The average molecular weight is 219 g/mol. The van der Waals surface area contributed by atoms with Crippen LogP contribution in [0.1, 0.15) is 18.7 Å². The number of nitrogens with zero attached hydrogens (tertiary/aromatic N) is 3. The van der Waals surface area contributed by atoms with Crippen molar-refractivity contribution in [3.8, 4) is 0 Å². The highest BCUT2D eigenvalue weighted by Crippen LogP contribution is 2.13. The molecule has 0 aliphatic carbocycles. The topological polar surface area (TPSA) is 68.0 Å². The summed E-state index contributed by atoms with van der Waals surface area (Å²) in [6.45, 7) is 2.55. The number of carboxylic acids is 1. The second-order valence-electron chi connectivity index (χ2n) is 3.65. The van der Waals surface area contributed by atoms with Crippen LogP contribution in [-0.2, 0) is 11.3 Å². The van der Waals surface area contributed by atoms with Crippen LogP contribution in [0.3, 0.4) is 0 Å². The van der Waals surface area contributed by atoms with Gasteiger partial charge in [0.1, 0.15) is 11.3 Å². The van der Waals surface area contributed by atoms with Crippen molar-refractivity contribution in [1.29, 1.82) is 0 Å². The molecule has 2 rings (SSSR count). The first-order valence-electron chi connectivity index (χ1n) is 5.18. The molecule has 5 nitrogen and oxygen atoms in total. The third kappa shape index (κ3) is 2.03. The average Bonchev–Trinajstić information content (AvgIpc) is 2.55. The van der Waals surface area contributed by atoms with E-state index in [9.17, 15) is 4.79 Å². The molecular weight excluding hydrogens is 206 g/mol. The smallest absolute Gasteiger partial charge is 0.303 e. The molecule has 2 heterocycles. The molecule has 0 aromatic carbocycles. The van der Waals surface area contributed by atoms with Gasteiger partial charge in [0.05, 0.1) is 0 Å². The molecule has 5 heteroatoms. The van der Waals surface area contributed by atoms with E-state index in [2.05, 4.69) is 9.97 Å². The molecule has 84 valence electrons. The third-order valence-corrected chi connectivity index (χ3v) is 2.47. The number of rotatable bonds is 4. The first kappa shape index (κ1) is 10.6. The number of hydrogen-bond donors (Lipinski definition) is 1. The van der Waals surface area contributed by atoms with E-state index in [4.69, 9.17) is 5.11 Å². The van der Waals surface area contributed by atoms with Crippen LogP contribution in [-0.4, -0.2) is 25.6 Å². The Morgan fingerprint density at radius 2 is 2.38 bits per heavy atom. The maximum atomic E-state index is 10.4. The molecule has 0 fully saturated rings. The van der Waals surface area contributed by atoms with Gasteiger partial charge in [-0.25, -0.2) is 9.97 Å². The monoisotopic (exact) mass is 219 g/mol. The van der Waals surface area contributed by atoms with Gasteiger partial charge in [0.2, 0.25) is 0 Å². The van der Waals surface area contributed by atoms with Crippen LogP contribution in [0.5, 0.6) is 0 Å². The van der Waals surface area contributed by atoms with Gasteiger partial charge < -0.3 is 9.67 Å². The Morgan fingerprint density at radius 3 is 3.12 bits per heavy atom. The van der Waals surface area contributed by atoms with Crippen molar-refractivity contribution in [3.05, 3.63) is 24.2 Å². The second-order valence-corrected chi connectivity index (χ2v) is 3.65. The molecule has 0 bridgehead atoms. The van der Waals surface area contributed by atoms with Gasteiger partial charge in [-0.3, -0.25) is 4.79 Å². The molecule has 0 amide bonds. The van der Waals surface area contributed by atoms with Crippen LogP contribution in [0.15, 0.2) is 18.3 Å². The summed E-state index contributed by atoms with van der Waals surface area (Å²) in [6.07, 6.45) is 2.49. The largest absolute Gasteiger partial charge is 0.481 e. The van der Waals surface area contributed by atoms with Gasteiger partial charge in [-0.05, 0) is 25.5 Å². The van der Waals surface area contributed by atoms with E-state index >= 15 is 0 Å². The van der Waals surface area contributed by atoms with E-state index in [0.717, 1.165) is 17.0 Å². The zero-order valence-electron chi connectivity index (χ0n) is 9.05. The minimum absolute atomic E-state index is 0.173. The predicted octanol–water partition coefficient (Wildman–Crippen LogP) is 1.60.